The Morgan fingerprint density at radius 1 is 1.21 bits per heavy atom. The van der Waals surface area contributed by atoms with Crippen LogP contribution in [0.1, 0.15) is 47.0 Å². The molecular formula is C19H21N5O5. The number of amides is 2. The molecule has 0 unspecified atom stereocenters. The van der Waals surface area contributed by atoms with E-state index in [2.05, 4.69) is 20.7 Å². The van der Waals surface area contributed by atoms with Crippen molar-refractivity contribution in [1.29, 1.82) is 0 Å². The lowest BCUT2D eigenvalue weighted by molar-refractivity contribution is -0.117. The molecule has 2 aliphatic rings. The molecule has 0 atom stereocenters. The van der Waals surface area contributed by atoms with Crippen LogP contribution in [0.4, 0.5) is 5.69 Å². The Morgan fingerprint density at radius 2 is 1.93 bits per heavy atom. The van der Waals surface area contributed by atoms with E-state index in [1.165, 1.54) is 13.1 Å². The first-order valence-corrected chi connectivity index (χ1v) is 9.41. The highest BCUT2D eigenvalue weighted by atomic mass is 16.7. The second-order valence-electron chi connectivity index (χ2n) is 7.17. The number of carbonyl (C=O) groups is 3. The zero-order chi connectivity index (χ0) is 20.4. The third kappa shape index (κ3) is 4.05. The van der Waals surface area contributed by atoms with Gasteiger partial charge in [-0.25, -0.2) is 0 Å². The van der Waals surface area contributed by atoms with Crippen LogP contribution in [-0.2, 0) is 4.79 Å². The average molecular weight is 399 g/mol. The molecule has 4 rings (SSSR count). The third-order valence-electron chi connectivity index (χ3n) is 5.19. The molecule has 0 spiro atoms. The number of hydrogen-bond acceptors (Lipinski definition) is 7. The highest BCUT2D eigenvalue weighted by molar-refractivity contribution is 6.04. The zero-order valence-corrected chi connectivity index (χ0v) is 15.9. The van der Waals surface area contributed by atoms with Crippen LogP contribution in [0.25, 0.3) is 0 Å². The van der Waals surface area contributed by atoms with Crippen LogP contribution >= 0.6 is 0 Å². The molecule has 0 radical (unpaired) electrons. The number of ether oxygens (including phenoxy) is 2. The van der Waals surface area contributed by atoms with Crippen LogP contribution in [0.5, 0.6) is 11.5 Å². The van der Waals surface area contributed by atoms with Crippen molar-refractivity contribution in [2.75, 3.05) is 25.2 Å². The molecule has 2 aromatic rings. The third-order valence-corrected chi connectivity index (χ3v) is 5.19. The SMILES string of the molecule is CC(=O)c1cc2c(cc1NC(=O)CC1CCN(C(=O)c3cnn[nH]3)CC1)OCO2. The smallest absolute Gasteiger partial charge is 0.273 e. The van der Waals surface area contributed by atoms with Gasteiger partial charge in [0.05, 0.1) is 11.9 Å². The van der Waals surface area contributed by atoms with Gasteiger partial charge in [0, 0.05) is 31.1 Å². The van der Waals surface area contributed by atoms with E-state index in [4.69, 9.17) is 9.47 Å². The van der Waals surface area contributed by atoms with Gasteiger partial charge in [0.15, 0.2) is 17.3 Å². The van der Waals surface area contributed by atoms with E-state index < -0.39 is 0 Å². The van der Waals surface area contributed by atoms with Gasteiger partial charge in [0.2, 0.25) is 12.7 Å². The summed E-state index contributed by atoms with van der Waals surface area (Å²) < 4.78 is 10.6. The second-order valence-corrected chi connectivity index (χ2v) is 7.17. The summed E-state index contributed by atoms with van der Waals surface area (Å²) >= 11 is 0. The summed E-state index contributed by atoms with van der Waals surface area (Å²) in [5, 5.41) is 12.6. The standard InChI is InChI=1S/C19H21N5O5/c1-11(25)13-7-16-17(29-10-28-16)8-14(13)21-18(26)6-12-2-4-24(5-3-12)19(27)15-9-20-23-22-15/h7-9,12H,2-6,10H2,1H3,(H,21,26)(H,20,22,23). The molecule has 0 saturated carbocycles. The van der Waals surface area contributed by atoms with Crippen molar-refractivity contribution in [1.82, 2.24) is 20.3 Å². The van der Waals surface area contributed by atoms with Crippen LogP contribution in [0.15, 0.2) is 18.3 Å². The van der Waals surface area contributed by atoms with Gasteiger partial charge in [-0.2, -0.15) is 0 Å². The molecule has 2 aliphatic heterocycles. The van der Waals surface area contributed by atoms with Crippen molar-refractivity contribution < 1.29 is 23.9 Å². The lowest BCUT2D eigenvalue weighted by Gasteiger charge is -2.31. The first-order chi connectivity index (χ1) is 14.0. The molecule has 0 bridgehead atoms. The number of fused-ring (bicyclic) bond motifs is 1. The molecule has 29 heavy (non-hydrogen) atoms. The van der Waals surface area contributed by atoms with Crippen LogP contribution < -0.4 is 14.8 Å². The highest BCUT2D eigenvalue weighted by Crippen LogP contribution is 2.37. The monoisotopic (exact) mass is 399 g/mol. The number of likely N-dealkylation sites (tertiary alicyclic amines) is 1. The lowest BCUT2D eigenvalue weighted by atomic mass is 9.93. The molecule has 10 heteroatoms. The van der Waals surface area contributed by atoms with E-state index in [0.717, 1.165) is 12.8 Å². The molecule has 2 amide bonds. The van der Waals surface area contributed by atoms with Crippen molar-refractivity contribution in [3.8, 4) is 11.5 Å². The van der Waals surface area contributed by atoms with Gasteiger partial charge in [-0.05, 0) is 31.7 Å². The summed E-state index contributed by atoms with van der Waals surface area (Å²) in [6.45, 7) is 2.67. The summed E-state index contributed by atoms with van der Waals surface area (Å²) in [5.41, 5.74) is 1.17. The maximum atomic E-state index is 12.6. The van der Waals surface area contributed by atoms with Gasteiger partial charge < -0.3 is 19.7 Å². The van der Waals surface area contributed by atoms with Crippen molar-refractivity contribution in [3.05, 3.63) is 29.6 Å². The summed E-state index contributed by atoms with van der Waals surface area (Å²) in [6.07, 6.45) is 3.17. The number of benzene rings is 1. The van der Waals surface area contributed by atoms with E-state index in [1.54, 1.807) is 17.0 Å². The van der Waals surface area contributed by atoms with Crippen LogP contribution in [0.3, 0.4) is 0 Å². The molecule has 1 aromatic heterocycles. The Kier molecular flexibility index (Phi) is 5.15. The predicted molar refractivity (Wildman–Crippen MR) is 101 cm³/mol. The summed E-state index contributed by atoms with van der Waals surface area (Å²) in [4.78, 5) is 38.5. The first-order valence-electron chi connectivity index (χ1n) is 9.41. The molecule has 2 N–H and O–H groups in total. The Bertz CT molecular complexity index is 935. The van der Waals surface area contributed by atoms with Crippen LogP contribution in [0, 0.1) is 5.92 Å². The number of H-pyrrole nitrogens is 1. The van der Waals surface area contributed by atoms with Gasteiger partial charge in [0.1, 0.15) is 5.69 Å². The molecule has 0 aliphatic carbocycles. The van der Waals surface area contributed by atoms with Gasteiger partial charge >= 0.3 is 0 Å². The summed E-state index contributed by atoms with van der Waals surface area (Å²) in [5.74, 6) is 0.689. The zero-order valence-electron chi connectivity index (χ0n) is 15.9. The predicted octanol–water partition coefficient (Wildman–Crippen LogP) is 1.62. The molecule has 1 aromatic carbocycles. The molecule has 152 valence electrons. The van der Waals surface area contributed by atoms with Gasteiger partial charge in [-0.3, -0.25) is 19.5 Å². The number of nitrogens with zero attached hydrogens (tertiary/aromatic N) is 3. The number of ketones is 1. The van der Waals surface area contributed by atoms with Gasteiger partial charge in [-0.1, -0.05) is 5.21 Å². The van der Waals surface area contributed by atoms with E-state index in [9.17, 15) is 14.4 Å². The number of anilines is 1. The fourth-order valence-electron chi connectivity index (χ4n) is 3.61. The topological polar surface area (TPSA) is 127 Å². The minimum absolute atomic E-state index is 0.0932. The Labute approximate surface area is 166 Å². The van der Waals surface area contributed by atoms with E-state index in [0.29, 0.717) is 48.0 Å². The normalized spacial score (nSPS) is 16.0. The van der Waals surface area contributed by atoms with E-state index >= 15 is 0 Å². The minimum Gasteiger partial charge on any atom is -0.454 e. The fraction of sp³-hybridized carbons (Fsp3) is 0.421. The molecule has 10 nitrogen and oxygen atoms in total. The van der Waals surface area contributed by atoms with Crippen molar-refractivity contribution in [2.24, 2.45) is 5.92 Å². The lowest BCUT2D eigenvalue weighted by Crippen LogP contribution is -2.39. The largest absolute Gasteiger partial charge is 0.454 e. The number of hydrogen-bond donors (Lipinski definition) is 2. The average Bonchev–Trinajstić information content (AvgIpc) is 3.39. The second kappa shape index (κ2) is 7.90. The maximum absolute atomic E-state index is 12.6. The highest BCUT2D eigenvalue weighted by Gasteiger charge is 2.27. The number of aromatic amines is 1. The van der Waals surface area contributed by atoms with Gasteiger partial charge in [0.25, 0.3) is 5.91 Å². The molecule has 1 saturated heterocycles. The quantitative estimate of drug-likeness (QED) is 0.732. The molecule has 3 heterocycles. The number of rotatable bonds is 5. The number of carbonyl (C=O) groups excluding carboxylic acids is 3. The van der Waals surface area contributed by atoms with Crippen molar-refractivity contribution >= 4 is 23.3 Å². The van der Waals surface area contributed by atoms with Crippen LogP contribution in [0.2, 0.25) is 0 Å². The molecular weight excluding hydrogens is 378 g/mol. The van der Waals surface area contributed by atoms with Crippen molar-refractivity contribution in [2.45, 2.75) is 26.2 Å². The number of piperidine rings is 1. The first kappa shape index (κ1) is 18.9. The minimum atomic E-state index is -0.172. The van der Waals surface area contributed by atoms with E-state index in [1.807, 2.05) is 0 Å². The summed E-state index contributed by atoms with van der Waals surface area (Å²) in [6, 6.07) is 3.21. The molecule has 1 fully saturated rings. The fourth-order valence-corrected chi connectivity index (χ4v) is 3.61. The summed E-state index contributed by atoms with van der Waals surface area (Å²) in [7, 11) is 0. The van der Waals surface area contributed by atoms with Crippen LogP contribution in [-0.4, -0.2) is 57.8 Å². The van der Waals surface area contributed by atoms with Gasteiger partial charge in [-0.15, -0.1) is 5.10 Å². The van der Waals surface area contributed by atoms with E-state index in [-0.39, 0.29) is 30.3 Å². The Morgan fingerprint density at radius 3 is 2.59 bits per heavy atom. The number of nitrogens with one attached hydrogen (secondary N) is 2. The number of Topliss-reactive ketones (excluding diaryl/α,β-unsaturated/α-hetero) is 1. The Balaban J connectivity index is 1.34. The van der Waals surface area contributed by atoms with Crippen molar-refractivity contribution in [3.63, 3.8) is 0 Å². The maximum Gasteiger partial charge on any atom is 0.273 e. The Hall–Kier alpha value is -3.43. The number of aromatic nitrogens is 3.